The molecule has 0 radical (unpaired) electrons. The summed E-state index contributed by atoms with van der Waals surface area (Å²) in [6.07, 6.45) is 1.99. The molecule has 2 aromatic heterocycles. The molecule has 1 fully saturated rings. The maximum Gasteiger partial charge on any atom is 0.280 e. The first kappa shape index (κ1) is 16.7. The van der Waals surface area contributed by atoms with E-state index < -0.39 is 0 Å². The Hall–Kier alpha value is -2.74. The summed E-state index contributed by atoms with van der Waals surface area (Å²) in [7, 11) is 0. The molecule has 1 amide bonds. The highest BCUT2D eigenvalue weighted by Crippen LogP contribution is 2.22. The SMILES string of the molecule is CCn1c(NC(=O)c2nnn(C3CCNCC3)c2C)nc2ccccc21. The molecule has 1 aliphatic heterocycles. The molecule has 1 aromatic carbocycles. The Kier molecular flexibility index (Phi) is 4.42. The molecule has 1 saturated heterocycles. The van der Waals surface area contributed by atoms with Crippen LogP contribution in [0.5, 0.6) is 0 Å². The maximum absolute atomic E-state index is 12.8. The van der Waals surface area contributed by atoms with Gasteiger partial charge in [-0.3, -0.25) is 10.1 Å². The van der Waals surface area contributed by atoms with E-state index in [0.29, 0.717) is 17.7 Å². The van der Waals surface area contributed by atoms with Crippen LogP contribution in [-0.2, 0) is 6.54 Å². The summed E-state index contributed by atoms with van der Waals surface area (Å²) in [6, 6.07) is 8.15. The van der Waals surface area contributed by atoms with Gasteiger partial charge in [-0.15, -0.1) is 5.10 Å². The van der Waals surface area contributed by atoms with Crippen molar-refractivity contribution in [2.45, 2.75) is 39.3 Å². The van der Waals surface area contributed by atoms with Crippen LogP contribution in [-0.4, -0.2) is 43.5 Å². The molecule has 0 unspecified atom stereocenters. The lowest BCUT2D eigenvalue weighted by Gasteiger charge is -2.23. The normalized spacial score (nSPS) is 15.5. The van der Waals surface area contributed by atoms with Gasteiger partial charge in [0.2, 0.25) is 5.95 Å². The van der Waals surface area contributed by atoms with Crippen molar-refractivity contribution < 1.29 is 4.79 Å². The number of aromatic nitrogens is 5. The molecule has 136 valence electrons. The largest absolute Gasteiger partial charge is 0.317 e. The van der Waals surface area contributed by atoms with Crippen molar-refractivity contribution in [1.82, 2.24) is 29.9 Å². The van der Waals surface area contributed by atoms with Crippen LogP contribution in [0.25, 0.3) is 11.0 Å². The Morgan fingerprint density at radius 1 is 1.31 bits per heavy atom. The van der Waals surface area contributed by atoms with E-state index in [1.165, 1.54) is 0 Å². The van der Waals surface area contributed by atoms with Crippen LogP contribution in [0, 0.1) is 6.92 Å². The number of hydrogen-bond donors (Lipinski definition) is 2. The number of para-hydroxylation sites is 2. The van der Waals surface area contributed by atoms with E-state index in [9.17, 15) is 4.79 Å². The van der Waals surface area contributed by atoms with Gasteiger partial charge in [-0.25, -0.2) is 9.67 Å². The Morgan fingerprint density at radius 2 is 2.08 bits per heavy atom. The first-order chi connectivity index (χ1) is 12.7. The number of nitrogens with zero attached hydrogens (tertiary/aromatic N) is 5. The molecule has 0 atom stereocenters. The first-order valence-corrected chi connectivity index (χ1v) is 9.08. The second-order valence-corrected chi connectivity index (χ2v) is 6.57. The average Bonchev–Trinajstić information content (AvgIpc) is 3.22. The van der Waals surface area contributed by atoms with Gasteiger partial charge in [0.1, 0.15) is 0 Å². The Bertz CT molecular complexity index is 936. The van der Waals surface area contributed by atoms with Gasteiger partial charge in [0, 0.05) is 6.54 Å². The maximum atomic E-state index is 12.8. The molecule has 1 aliphatic rings. The van der Waals surface area contributed by atoms with Crippen molar-refractivity contribution >= 4 is 22.9 Å². The predicted octanol–water partition coefficient (Wildman–Crippen LogP) is 2.13. The van der Waals surface area contributed by atoms with E-state index in [-0.39, 0.29) is 5.91 Å². The molecule has 26 heavy (non-hydrogen) atoms. The summed E-state index contributed by atoms with van der Waals surface area (Å²) in [5, 5.41) is 14.6. The number of benzene rings is 1. The van der Waals surface area contributed by atoms with Crippen molar-refractivity contribution in [3.63, 3.8) is 0 Å². The molecule has 8 heteroatoms. The highest BCUT2D eigenvalue weighted by atomic mass is 16.2. The molecule has 4 rings (SSSR count). The van der Waals surface area contributed by atoms with E-state index >= 15 is 0 Å². The molecule has 3 heterocycles. The Labute approximate surface area is 151 Å². The molecular weight excluding hydrogens is 330 g/mol. The smallest absolute Gasteiger partial charge is 0.280 e. The van der Waals surface area contributed by atoms with Crippen LogP contribution in [0.3, 0.4) is 0 Å². The third-order valence-electron chi connectivity index (χ3n) is 4.99. The molecule has 0 saturated carbocycles. The zero-order chi connectivity index (χ0) is 18.1. The van der Waals surface area contributed by atoms with Crippen LogP contribution < -0.4 is 10.6 Å². The van der Waals surface area contributed by atoms with Crippen LogP contribution >= 0.6 is 0 Å². The molecular formula is C18H23N7O. The molecule has 0 aliphatic carbocycles. The molecule has 2 N–H and O–H groups in total. The van der Waals surface area contributed by atoms with Crippen molar-refractivity contribution in [3.8, 4) is 0 Å². The number of piperidine rings is 1. The van der Waals surface area contributed by atoms with Crippen LogP contribution in [0.1, 0.15) is 42.0 Å². The van der Waals surface area contributed by atoms with Gasteiger partial charge in [0.05, 0.1) is 22.8 Å². The van der Waals surface area contributed by atoms with E-state index in [1.807, 2.05) is 47.4 Å². The summed E-state index contributed by atoms with van der Waals surface area (Å²) < 4.78 is 3.87. The van der Waals surface area contributed by atoms with Gasteiger partial charge >= 0.3 is 0 Å². The van der Waals surface area contributed by atoms with Gasteiger partial charge in [0.15, 0.2) is 5.69 Å². The predicted molar refractivity (Wildman–Crippen MR) is 99.3 cm³/mol. The summed E-state index contributed by atoms with van der Waals surface area (Å²) in [6.45, 7) is 6.58. The van der Waals surface area contributed by atoms with Gasteiger partial charge in [-0.1, -0.05) is 17.3 Å². The average molecular weight is 353 g/mol. The van der Waals surface area contributed by atoms with Gasteiger partial charge in [-0.2, -0.15) is 0 Å². The Balaban J connectivity index is 1.60. The minimum absolute atomic E-state index is 0.271. The molecule has 0 bridgehead atoms. The van der Waals surface area contributed by atoms with E-state index in [2.05, 4.69) is 25.9 Å². The van der Waals surface area contributed by atoms with Crippen molar-refractivity contribution in [3.05, 3.63) is 35.7 Å². The van der Waals surface area contributed by atoms with Gasteiger partial charge < -0.3 is 9.88 Å². The fourth-order valence-corrected chi connectivity index (χ4v) is 3.60. The summed E-state index contributed by atoms with van der Waals surface area (Å²) >= 11 is 0. The number of amides is 1. The number of imidazole rings is 1. The van der Waals surface area contributed by atoms with Crippen molar-refractivity contribution in [2.24, 2.45) is 0 Å². The topological polar surface area (TPSA) is 89.7 Å². The monoisotopic (exact) mass is 353 g/mol. The van der Waals surface area contributed by atoms with Gasteiger partial charge in [-0.05, 0) is 51.9 Å². The fraction of sp³-hybridized carbons (Fsp3) is 0.444. The minimum Gasteiger partial charge on any atom is -0.317 e. The summed E-state index contributed by atoms with van der Waals surface area (Å²) in [4.78, 5) is 17.3. The first-order valence-electron chi connectivity index (χ1n) is 9.08. The number of nitrogens with one attached hydrogen (secondary N) is 2. The number of carbonyl (C=O) groups excluding carboxylic acids is 1. The molecule has 8 nitrogen and oxygen atoms in total. The fourth-order valence-electron chi connectivity index (χ4n) is 3.60. The molecule has 0 spiro atoms. The van der Waals surface area contributed by atoms with Gasteiger partial charge in [0.25, 0.3) is 5.91 Å². The third kappa shape index (κ3) is 2.86. The number of aryl methyl sites for hydroxylation is 1. The number of anilines is 1. The standard InChI is InChI=1S/C18H23N7O/c1-3-24-15-7-5-4-6-14(15)20-18(24)21-17(26)16-12(2)25(23-22-16)13-8-10-19-11-9-13/h4-7,13,19H,3,8-11H2,1-2H3,(H,20,21,26). The van der Waals surface area contributed by atoms with Crippen molar-refractivity contribution in [1.29, 1.82) is 0 Å². The van der Waals surface area contributed by atoms with E-state index in [4.69, 9.17) is 0 Å². The van der Waals surface area contributed by atoms with Crippen LogP contribution in [0.15, 0.2) is 24.3 Å². The second kappa shape index (κ2) is 6.87. The highest BCUT2D eigenvalue weighted by Gasteiger charge is 2.24. The van der Waals surface area contributed by atoms with Crippen molar-refractivity contribution in [2.75, 3.05) is 18.4 Å². The number of carbonyl (C=O) groups is 1. The summed E-state index contributed by atoms with van der Waals surface area (Å²) in [5.41, 5.74) is 3.02. The highest BCUT2D eigenvalue weighted by molar-refractivity contribution is 6.03. The quantitative estimate of drug-likeness (QED) is 0.750. The third-order valence-corrected chi connectivity index (χ3v) is 4.99. The number of rotatable bonds is 4. The summed E-state index contributed by atoms with van der Waals surface area (Å²) in [5.74, 6) is 0.266. The zero-order valence-corrected chi connectivity index (χ0v) is 15.1. The van der Waals surface area contributed by atoms with Crippen LogP contribution in [0.4, 0.5) is 5.95 Å². The number of hydrogen-bond acceptors (Lipinski definition) is 5. The number of fused-ring (bicyclic) bond motifs is 1. The second-order valence-electron chi connectivity index (χ2n) is 6.57. The zero-order valence-electron chi connectivity index (χ0n) is 15.1. The van der Waals surface area contributed by atoms with E-state index in [0.717, 1.165) is 49.2 Å². The lowest BCUT2D eigenvalue weighted by molar-refractivity contribution is 0.102. The lowest BCUT2D eigenvalue weighted by atomic mass is 10.1. The lowest BCUT2D eigenvalue weighted by Crippen LogP contribution is -2.30. The molecule has 3 aromatic rings. The van der Waals surface area contributed by atoms with Crippen LogP contribution in [0.2, 0.25) is 0 Å². The Morgan fingerprint density at radius 3 is 2.85 bits per heavy atom. The van der Waals surface area contributed by atoms with E-state index in [1.54, 1.807) is 0 Å². The minimum atomic E-state index is -0.271.